The number of nitrogens with one attached hydrogen (secondary N) is 1. The number of halogens is 1. The SMILES string of the molecule is CNc1nc(C#CCOc2ccc(Cl)cc2)nc2c1ncn2[C@@H]1O[C@H](CO)[C@@H](O)[C@H]1O. The summed E-state index contributed by atoms with van der Waals surface area (Å²) in [5.41, 5.74) is 0.806. The molecule has 0 spiro atoms. The standard InChI is InChI=1S/C20H20ClN5O5/c1-22-18-15-19(26(10-23-15)20-17(29)16(28)13(9-27)31-20)25-14(24-18)3-2-8-30-12-6-4-11(21)5-7-12/h4-7,10,13,16-17,20,27-29H,8-9H2,1H3,(H,22,24,25)/t13-,16-,17-,20-/m1/s1. The van der Waals surface area contributed by atoms with Crippen molar-refractivity contribution in [3.05, 3.63) is 41.4 Å². The molecule has 1 saturated heterocycles. The summed E-state index contributed by atoms with van der Waals surface area (Å²) in [6, 6.07) is 6.93. The first-order chi connectivity index (χ1) is 15.0. The highest BCUT2D eigenvalue weighted by molar-refractivity contribution is 6.30. The van der Waals surface area contributed by atoms with Crippen LogP contribution in [0.4, 0.5) is 5.82 Å². The van der Waals surface area contributed by atoms with Crippen LogP contribution in [0.1, 0.15) is 12.1 Å². The molecular formula is C20H20ClN5O5. The number of fused-ring (bicyclic) bond motifs is 1. The molecule has 0 radical (unpaired) electrons. The van der Waals surface area contributed by atoms with Crippen LogP contribution in [-0.4, -0.2) is 73.4 Å². The first kappa shape index (κ1) is 21.3. The Bertz CT molecular complexity index is 1130. The molecule has 3 heterocycles. The van der Waals surface area contributed by atoms with Crippen LogP contribution in [0, 0.1) is 11.8 Å². The zero-order valence-electron chi connectivity index (χ0n) is 16.4. The largest absolute Gasteiger partial charge is 0.481 e. The summed E-state index contributed by atoms with van der Waals surface area (Å²) in [6.45, 7) is -0.311. The molecular weight excluding hydrogens is 426 g/mol. The molecule has 162 valence electrons. The van der Waals surface area contributed by atoms with Crippen LogP contribution in [0.2, 0.25) is 5.02 Å². The monoisotopic (exact) mass is 445 g/mol. The molecule has 0 aliphatic carbocycles. The van der Waals surface area contributed by atoms with Gasteiger partial charge in [-0.2, -0.15) is 0 Å². The maximum atomic E-state index is 10.3. The van der Waals surface area contributed by atoms with Crippen molar-refractivity contribution in [2.24, 2.45) is 0 Å². The fourth-order valence-electron chi connectivity index (χ4n) is 3.21. The number of nitrogens with zero attached hydrogens (tertiary/aromatic N) is 4. The van der Waals surface area contributed by atoms with Crippen molar-refractivity contribution in [3.63, 3.8) is 0 Å². The van der Waals surface area contributed by atoms with Crippen LogP contribution in [0.15, 0.2) is 30.6 Å². The van der Waals surface area contributed by atoms with Gasteiger partial charge in [-0.15, -0.1) is 0 Å². The second-order valence-corrected chi connectivity index (χ2v) is 7.18. The Morgan fingerprint density at radius 3 is 2.68 bits per heavy atom. The van der Waals surface area contributed by atoms with E-state index in [-0.39, 0.29) is 12.4 Å². The van der Waals surface area contributed by atoms with Crippen LogP contribution in [0.25, 0.3) is 11.2 Å². The van der Waals surface area contributed by atoms with E-state index >= 15 is 0 Å². The molecule has 1 aliphatic rings. The fourth-order valence-corrected chi connectivity index (χ4v) is 3.33. The number of aromatic nitrogens is 4. The van der Waals surface area contributed by atoms with Gasteiger partial charge in [0.05, 0.1) is 12.9 Å². The Morgan fingerprint density at radius 2 is 2.00 bits per heavy atom. The molecule has 11 heteroatoms. The normalized spacial score (nSPS) is 22.9. The topological polar surface area (TPSA) is 135 Å². The Hall–Kier alpha value is -2.94. The number of hydrogen-bond donors (Lipinski definition) is 4. The number of imidazole rings is 1. The van der Waals surface area contributed by atoms with Crippen LogP contribution < -0.4 is 10.1 Å². The van der Waals surface area contributed by atoms with Crippen LogP contribution in [0.5, 0.6) is 5.75 Å². The van der Waals surface area contributed by atoms with E-state index in [9.17, 15) is 15.3 Å². The number of ether oxygens (including phenoxy) is 2. The van der Waals surface area contributed by atoms with Crippen molar-refractivity contribution in [2.45, 2.75) is 24.5 Å². The lowest BCUT2D eigenvalue weighted by Gasteiger charge is -2.16. The van der Waals surface area contributed by atoms with Crippen molar-refractivity contribution < 1.29 is 24.8 Å². The average molecular weight is 446 g/mol. The molecule has 4 atom stereocenters. The van der Waals surface area contributed by atoms with Gasteiger partial charge in [0.15, 0.2) is 23.2 Å². The maximum Gasteiger partial charge on any atom is 0.209 e. The Morgan fingerprint density at radius 1 is 1.23 bits per heavy atom. The van der Waals surface area contributed by atoms with Crippen molar-refractivity contribution in [3.8, 4) is 17.6 Å². The lowest BCUT2D eigenvalue weighted by Crippen LogP contribution is -2.33. The van der Waals surface area contributed by atoms with Gasteiger partial charge in [0, 0.05) is 12.1 Å². The number of rotatable bonds is 5. The summed E-state index contributed by atoms with van der Waals surface area (Å²) in [7, 11) is 1.69. The molecule has 1 fully saturated rings. The molecule has 1 aliphatic heterocycles. The van der Waals surface area contributed by atoms with Gasteiger partial charge >= 0.3 is 0 Å². The van der Waals surface area contributed by atoms with Gasteiger partial charge in [-0.3, -0.25) is 4.57 Å². The number of hydrogen-bond acceptors (Lipinski definition) is 9. The minimum Gasteiger partial charge on any atom is -0.481 e. The zero-order chi connectivity index (χ0) is 22.0. The first-order valence-electron chi connectivity index (χ1n) is 9.44. The quantitative estimate of drug-likeness (QED) is 0.415. The Kier molecular flexibility index (Phi) is 6.22. The van der Waals surface area contributed by atoms with E-state index in [1.807, 2.05) is 0 Å². The van der Waals surface area contributed by atoms with Gasteiger partial charge in [0.1, 0.15) is 30.7 Å². The van der Waals surface area contributed by atoms with Crippen molar-refractivity contribution in [2.75, 3.05) is 25.6 Å². The summed E-state index contributed by atoms with van der Waals surface area (Å²) >= 11 is 5.85. The second kappa shape index (κ2) is 9.05. The van der Waals surface area contributed by atoms with Crippen molar-refractivity contribution in [1.82, 2.24) is 19.5 Å². The third-order valence-corrected chi connectivity index (χ3v) is 5.03. The van der Waals surface area contributed by atoms with E-state index in [0.29, 0.717) is 27.8 Å². The van der Waals surface area contributed by atoms with Gasteiger partial charge in [0.25, 0.3) is 0 Å². The first-order valence-corrected chi connectivity index (χ1v) is 9.81. The number of aliphatic hydroxyl groups is 3. The molecule has 3 aromatic rings. The van der Waals surface area contributed by atoms with Crippen LogP contribution in [-0.2, 0) is 4.74 Å². The van der Waals surface area contributed by atoms with Gasteiger partial charge < -0.3 is 30.1 Å². The molecule has 4 N–H and O–H groups in total. The van der Waals surface area contributed by atoms with E-state index in [1.165, 1.54) is 10.9 Å². The number of aliphatic hydroxyl groups excluding tert-OH is 3. The molecule has 31 heavy (non-hydrogen) atoms. The van der Waals surface area contributed by atoms with E-state index in [1.54, 1.807) is 31.3 Å². The van der Waals surface area contributed by atoms with E-state index < -0.39 is 31.1 Å². The van der Waals surface area contributed by atoms with Gasteiger partial charge in [0.2, 0.25) is 5.82 Å². The van der Waals surface area contributed by atoms with E-state index in [4.69, 9.17) is 21.1 Å². The molecule has 10 nitrogen and oxygen atoms in total. The molecule has 1 aromatic carbocycles. The van der Waals surface area contributed by atoms with E-state index in [2.05, 4.69) is 32.1 Å². The third kappa shape index (κ3) is 4.27. The van der Waals surface area contributed by atoms with Crippen molar-refractivity contribution in [1.29, 1.82) is 0 Å². The predicted octanol–water partition coefficient (Wildman–Crippen LogP) is 0.563. The van der Waals surface area contributed by atoms with Gasteiger partial charge in [-0.05, 0) is 30.2 Å². The highest BCUT2D eigenvalue weighted by Crippen LogP contribution is 2.32. The molecule has 4 rings (SSSR count). The molecule has 0 bridgehead atoms. The second-order valence-electron chi connectivity index (χ2n) is 6.74. The summed E-state index contributed by atoms with van der Waals surface area (Å²) in [5, 5.41) is 33.3. The van der Waals surface area contributed by atoms with Crippen molar-refractivity contribution >= 4 is 28.6 Å². The Balaban J connectivity index is 1.59. The maximum absolute atomic E-state index is 10.3. The number of anilines is 1. The zero-order valence-corrected chi connectivity index (χ0v) is 17.2. The smallest absolute Gasteiger partial charge is 0.209 e. The summed E-state index contributed by atoms with van der Waals surface area (Å²) in [5.74, 6) is 6.99. The summed E-state index contributed by atoms with van der Waals surface area (Å²) < 4.78 is 12.6. The predicted molar refractivity (Wildman–Crippen MR) is 112 cm³/mol. The Labute approximate surface area is 182 Å². The van der Waals surface area contributed by atoms with E-state index in [0.717, 1.165) is 0 Å². The minimum atomic E-state index is -1.26. The van der Waals surface area contributed by atoms with Crippen LogP contribution >= 0.6 is 11.6 Å². The summed E-state index contributed by atoms with van der Waals surface area (Å²) in [6.07, 6.45) is -2.94. The molecule has 2 aromatic heterocycles. The van der Waals surface area contributed by atoms with Crippen LogP contribution in [0.3, 0.4) is 0 Å². The lowest BCUT2D eigenvalue weighted by atomic mass is 10.1. The minimum absolute atomic E-state index is 0.117. The molecule has 0 amide bonds. The highest BCUT2D eigenvalue weighted by Gasteiger charge is 2.44. The third-order valence-electron chi connectivity index (χ3n) is 4.77. The molecule has 0 saturated carbocycles. The van der Waals surface area contributed by atoms with Gasteiger partial charge in [-0.1, -0.05) is 17.5 Å². The van der Waals surface area contributed by atoms with Gasteiger partial charge in [-0.25, -0.2) is 15.0 Å². The number of benzene rings is 1. The highest BCUT2D eigenvalue weighted by atomic mass is 35.5. The lowest BCUT2D eigenvalue weighted by molar-refractivity contribution is -0.0511. The molecule has 0 unspecified atom stereocenters. The average Bonchev–Trinajstić information content (AvgIpc) is 3.32. The summed E-state index contributed by atoms with van der Waals surface area (Å²) in [4.78, 5) is 13.1. The fraction of sp³-hybridized carbons (Fsp3) is 0.350.